The van der Waals surface area contributed by atoms with Crippen molar-refractivity contribution in [2.45, 2.75) is 46.8 Å². The molecule has 13 heteroatoms. The molecule has 2 heterocycles. The average Bonchev–Trinajstić information content (AvgIpc) is 3.33. The van der Waals surface area contributed by atoms with Crippen molar-refractivity contribution in [3.05, 3.63) is 48.5 Å². The Hall–Kier alpha value is -2.26. The molecule has 2 aromatic carbocycles. The molecule has 4 rings (SSSR count). The summed E-state index contributed by atoms with van der Waals surface area (Å²) in [6.07, 6.45) is 1.06. The van der Waals surface area contributed by atoms with E-state index in [-0.39, 0.29) is 29.0 Å². The van der Waals surface area contributed by atoms with Crippen molar-refractivity contribution in [1.82, 2.24) is 14.3 Å². The van der Waals surface area contributed by atoms with Crippen LogP contribution in [0.4, 0.5) is 0 Å². The second-order valence-corrected chi connectivity index (χ2v) is 13.3. The van der Waals surface area contributed by atoms with Crippen LogP contribution in [0.25, 0.3) is 0 Å². The SMILES string of the molecule is CNS(=O)(=O)c1cccc(OCC(O)CNC2COC3(CCN(S(=O)(=O)c4ccccc4OC)CC3)C2)c1. The normalized spacial score (nSPS) is 20.9. The molecule has 2 aliphatic rings. The van der Waals surface area contributed by atoms with Crippen LogP contribution in [0.3, 0.4) is 0 Å². The molecule has 2 saturated heterocycles. The van der Waals surface area contributed by atoms with Crippen molar-refractivity contribution in [2.75, 3.05) is 47.0 Å². The predicted octanol–water partition coefficient (Wildman–Crippen LogP) is 0.945. The molecule has 0 aromatic heterocycles. The van der Waals surface area contributed by atoms with Crippen LogP contribution in [-0.4, -0.2) is 91.0 Å². The van der Waals surface area contributed by atoms with E-state index in [1.807, 2.05) is 0 Å². The molecule has 0 aliphatic carbocycles. The summed E-state index contributed by atoms with van der Waals surface area (Å²) in [6.45, 7) is 1.44. The summed E-state index contributed by atoms with van der Waals surface area (Å²) < 4.78 is 71.0. The molecule has 210 valence electrons. The lowest BCUT2D eigenvalue weighted by atomic mass is 9.88. The summed E-state index contributed by atoms with van der Waals surface area (Å²) in [7, 11) is -4.47. The summed E-state index contributed by atoms with van der Waals surface area (Å²) in [5.41, 5.74) is -0.398. The smallest absolute Gasteiger partial charge is 0.246 e. The van der Waals surface area contributed by atoms with Gasteiger partial charge in [0, 0.05) is 31.7 Å². The fourth-order valence-corrected chi connectivity index (χ4v) is 7.19. The third kappa shape index (κ3) is 6.47. The number of nitrogens with one attached hydrogen (secondary N) is 2. The van der Waals surface area contributed by atoms with Crippen molar-refractivity contribution in [1.29, 1.82) is 0 Å². The molecule has 2 aliphatic heterocycles. The molecule has 1 spiro atoms. The molecule has 2 fully saturated rings. The molecule has 3 N–H and O–H groups in total. The average molecular weight is 570 g/mol. The van der Waals surface area contributed by atoms with Crippen LogP contribution in [-0.2, 0) is 24.8 Å². The Balaban J connectivity index is 1.24. The summed E-state index contributed by atoms with van der Waals surface area (Å²) in [5, 5.41) is 13.7. The lowest BCUT2D eigenvalue weighted by Gasteiger charge is -2.38. The van der Waals surface area contributed by atoms with Gasteiger partial charge in [0.25, 0.3) is 0 Å². The molecule has 0 amide bonds. The van der Waals surface area contributed by atoms with E-state index >= 15 is 0 Å². The van der Waals surface area contributed by atoms with Gasteiger partial charge >= 0.3 is 0 Å². The highest BCUT2D eigenvalue weighted by molar-refractivity contribution is 7.89. The van der Waals surface area contributed by atoms with Gasteiger partial charge in [-0.05, 0) is 50.6 Å². The van der Waals surface area contributed by atoms with E-state index < -0.39 is 31.8 Å². The van der Waals surface area contributed by atoms with Gasteiger partial charge in [0.05, 0.1) is 24.2 Å². The Morgan fingerprint density at radius 1 is 1.13 bits per heavy atom. The van der Waals surface area contributed by atoms with E-state index in [4.69, 9.17) is 14.2 Å². The van der Waals surface area contributed by atoms with Gasteiger partial charge in [0.15, 0.2) is 0 Å². The molecule has 11 nitrogen and oxygen atoms in total. The van der Waals surface area contributed by atoms with E-state index in [2.05, 4.69) is 10.0 Å². The van der Waals surface area contributed by atoms with Crippen LogP contribution >= 0.6 is 0 Å². The zero-order valence-electron chi connectivity index (χ0n) is 21.5. The molecule has 2 atom stereocenters. The minimum atomic E-state index is -3.67. The van der Waals surface area contributed by atoms with Crippen molar-refractivity contribution in [3.8, 4) is 11.5 Å². The minimum Gasteiger partial charge on any atom is -0.495 e. The zero-order valence-corrected chi connectivity index (χ0v) is 23.1. The summed E-state index contributed by atoms with van der Waals surface area (Å²) in [4.78, 5) is 0.247. The van der Waals surface area contributed by atoms with Crippen LogP contribution in [0.5, 0.6) is 11.5 Å². The van der Waals surface area contributed by atoms with Gasteiger partial charge in [-0.2, -0.15) is 4.31 Å². The minimum absolute atomic E-state index is 0.00938. The molecule has 2 aromatic rings. The number of benzene rings is 2. The van der Waals surface area contributed by atoms with Crippen LogP contribution in [0, 0.1) is 0 Å². The maximum atomic E-state index is 13.2. The second-order valence-electron chi connectivity index (χ2n) is 9.51. The lowest BCUT2D eigenvalue weighted by molar-refractivity contribution is -0.0312. The Kier molecular flexibility index (Phi) is 8.97. The number of aliphatic hydroxyl groups excluding tert-OH is 1. The first kappa shape index (κ1) is 28.7. The molecule has 0 bridgehead atoms. The highest BCUT2D eigenvalue weighted by atomic mass is 32.2. The highest BCUT2D eigenvalue weighted by Crippen LogP contribution is 2.38. The van der Waals surface area contributed by atoms with Crippen molar-refractivity contribution >= 4 is 20.0 Å². The molecular weight excluding hydrogens is 534 g/mol. The Morgan fingerprint density at radius 3 is 2.58 bits per heavy atom. The van der Waals surface area contributed by atoms with Crippen LogP contribution in [0.1, 0.15) is 19.3 Å². The van der Waals surface area contributed by atoms with E-state index in [0.29, 0.717) is 50.5 Å². The summed E-state index contributed by atoms with van der Waals surface area (Å²) >= 11 is 0. The standard InChI is InChI=1S/C25H35N3O8S2/c1-26-37(30,31)22-7-5-6-21(14-22)35-18-20(29)16-27-19-15-25(36-17-19)10-12-28(13-11-25)38(32,33)24-9-4-3-8-23(24)34-2/h3-9,14,19-20,26-27,29H,10-13,15-18H2,1-2H3. The molecule has 38 heavy (non-hydrogen) atoms. The number of piperidine rings is 1. The van der Waals surface area contributed by atoms with E-state index in [1.165, 1.54) is 30.6 Å². The van der Waals surface area contributed by atoms with Gasteiger partial charge in [-0.25, -0.2) is 21.6 Å². The monoisotopic (exact) mass is 569 g/mol. The summed E-state index contributed by atoms with van der Waals surface area (Å²) in [6, 6.07) is 12.7. The Bertz CT molecular complexity index is 1310. The highest BCUT2D eigenvalue weighted by Gasteiger charge is 2.45. The van der Waals surface area contributed by atoms with Gasteiger partial charge in [-0.15, -0.1) is 0 Å². The van der Waals surface area contributed by atoms with Crippen molar-refractivity contribution < 1.29 is 36.2 Å². The van der Waals surface area contributed by atoms with Gasteiger partial charge in [-0.3, -0.25) is 0 Å². The third-order valence-corrected chi connectivity index (χ3v) is 10.3. The number of para-hydroxylation sites is 1. The first-order valence-corrected chi connectivity index (χ1v) is 15.4. The van der Waals surface area contributed by atoms with Gasteiger partial charge in [-0.1, -0.05) is 18.2 Å². The molecule has 0 saturated carbocycles. The number of nitrogens with zero attached hydrogens (tertiary/aromatic N) is 1. The fourth-order valence-electron chi connectivity index (χ4n) is 4.83. The van der Waals surface area contributed by atoms with Crippen molar-refractivity contribution in [2.24, 2.45) is 0 Å². The number of ether oxygens (including phenoxy) is 3. The fraction of sp³-hybridized carbons (Fsp3) is 0.520. The Labute approximate surface area is 224 Å². The first-order chi connectivity index (χ1) is 18.1. The summed E-state index contributed by atoms with van der Waals surface area (Å²) in [5.74, 6) is 0.672. The van der Waals surface area contributed by atoms with Crippen LogP contribution in [0.2, 0.25) is 0 Å². The maximum absolute atomic E-state index is 13.2. The van der Waals surface area contributed by atoms with Gasteiger partial charge < -0.3 is 24.6 Å². The van der Waals surface area contributed by atoms with E-state index in [1.54, 1.807) is 36.4 Å². The van der Waals surface area contributed by atoms with Gasteiger partial charge in [0.1, 0.15) is 29.1 Å². The molecular formula is C25H35N3O8S2. The maximum Gasteiger partial charge on any atom is 0.246 e. The molecule has 0 radical (unpaired) electrons. The Morgan fingerprint density at radius 2 is 1.87 bits per heavy atom. The number of rotatable bonds is 11. The number of methoxy groups -OCH3 is 1. The first-order valence-electron chi connectivity index (χ1n) is 12.4. The second kappa shape index (κ2) is 11.9. The van der Waals surface area contributed by atoms with Crippen LogP contribution < -0.4 is 19.5 Å². The number of aliphatic hydroxyl groups is 1. The van der Waals surface area contributed by atoms with E-state index in [9.17, 15) is 21.9 Å². The lowest BCUT2D eigenvalue weighted by Crippen LogP contribution is -2.47. The predicted molar refractivity (Wildman–Crippen MR) is 140 cm³/mol. The van der Waals surface area contributed by atoms with E-state index in [0.717, 1.165) is 0 Å². The van der Waals surface area contributed by atoms with Gasteiger partial charge in [0.2, 0.25) is 20.0 Å². The molecule has 2 unspecified atom stereocenters. The third-order valence-electron chi connectivity index (χ3n) is 7.00. The van der Waals surface area contributed by atoms with Crippen molar-refractivity contribution in [3.63, 3.8) is 0 Å². The largest absolute Gasteiger partial charge is 0.495 e. The zero-order chi connectivity index (χ0) is 27.4. The number of hydrogen-bond acceptors (Lipinski definition) is 9. The quantitative estimate of drug-likeness (QED) is 0.360. The number of hydrogen-bond donors (Lipinski definition) is 3. The number of sulfonamides is 2. The van der Waals surface area contributed by atoms with Crippen LogP contribution in [0.15, 0.2) is 58.3 Å². The topological polar surface area (TPSA) is 144 Å².